The van der Waals surface area contributed by atoms with E-state index in [4.69, 9.17) is 4.74 Å². The van der Waals surface area contributed by atoms with Crippen molar-refractivity contribution in [3.63, 3.8) is 0 Å². The molecule has 1 fully saturated rings. The van der Waals surface area contributed by atoms with Crippen LogP contribution in [0.25, 0.3) is 0 Å². The van der Waals surface area contributed by atoms with Crippen molar-refractivity contribution in [3.8, 4) is 0 Å². The molecular formula is C19H21N3O3. The van der Waals surface area contributed by atoms with Gasteiger partial charge in [0.1, 0.15) is 0 Å². The summed E-state index contributed by atoms with van der Waals surface area (Å²) in [5, 5.41) is 8.47. The van der Waals surface area contributed by atoms with Gasteiger partial charge < -0.3 is 20.7 Å². The van der Waals surface area contributed by atoms with Crippen LogP contribution in [-0.4, -0.2) is 25.2 Å². The minimum Gasteiger partial charge on any atom is -0.381 e. The maximum absolute atomic E-state index is 12.0. The van der Waals surface area contributed by atoms with Gasteiger partial charge in [-0.3, -0.25) is 4.79 Å². The zero-order chi connectivity index (χ0) is 17.5. The summed E-state index contributed by atoms with van der Waals surface area (Å²) in [5.74, 6) is -0.0457. The zero-order valence-electron chi connectivity index (χ0n) is 13.8. The third kappa shape index (κ3) is 5.06. The average Bonchev–Trinajstić information content (AvgIpc) is 3.15. The van der Waals surface area contributed by atoms with Gasteiger partial charge in [0.05, 0.1) is 12.5 Å². The number of hydrogen-bond donors (Lipinski definition) is 3. The molecule has 6 nitrogen and oxygen atoms in total. The highest BCUT2D eigenvalue weighted by Crippen LogP contribution is 2.14. The Hall–Kier alpha value is -2.86. The van der Waals surface area contributed by atoms with E-state index < -0.39 is 0 Å². The van der Waals surface area contributed by atoms with Crippen molar-refractivity contribution in [2.45, 2.75) is 13.0 Å². The number of nitrogens with one attached hydrogen (secondary N) is 3. The molecule has 3 amide bonds. The molecular weight excluding hydrogens is 318 g/mol. The highest BCUT2D eigenvalue weighted by atomic mass is 16.5. The predicted octanol–water partition coefficient (Wildman–Crippen LogP) is 2.98. The van der Waals surface area contributed by atoms with Gasteiger partial charge >= 0.3 is 6.03 Å². The number of amides is 3. The van der Waals surface area contributed by atoms with Gasteiger partial charge in [0.2, 0.25) is 5.91 Å². The highest BCUT2D eigenvalue weighted by molar-refractivity contribution is 5.99. The summed E-state index contributed by atoms with van der Waals surface area (Å²) >= 11 is 0. The summed E-state index contributed by atoms with van der Waals surface area (Å²) in [6.45, 7) is 1.56. The third-order valence-corrected chi connectivity index (χ3v) is 3.98. The maximum atomic E-state index is 12.0. The Kier molecular flexibility index (Phi) is 5.64. The van der Waals surface area contributed by atoms with Gasteiger partial charge in [-0.2, -0.15) is 0 Å². The van der Waals surface area contributed by atoms with Crippen LogP contribution in [0.5, 0.6) is 0 Å². The number of rotatable bonds is 5. The van der Waals surface area contributed by atoms with Crippen LogP contribution in [0.2, 0.25) is 0 Å². The van der Waals surface area contributed by atoms with Crippen molar-refractivity contribution in [1.29, 1.82) is 0 Å². The number of para-hydroxylation sites is 1. The van der Waals surface area contributed by atoms with Crippen LogP contribution in [0.3, 0.4) is 0 Å². The van der Waals surface area contributed by atoms with Gasteiger partial charge in [0.25, 0.3) is 0 Å². The van der Waals surface area contributed by atoms with Crippen LogP contribution < -0.4 is 16.0 Å². The number of carbonyl (C=O) groups is 2. The Morgan fingerprint density at radius 2 is 1.76 bits per heavy atom. The van der Waals surface area contributed by atoms with Crippen LogP contribution in [0, 0.1) is 5.92 Å². The van der Waals surface area contributed by atoms with Crippen molar-refractivity contribution in [1.82, 2.24) is 5.32 Å². The van der Waals surface area contributed by atoms with Crippen LogP contribution in [0.4, 0.5) is 16.2 Å². The minimum absolute atomic E-state index is 0.0117. The Labute approximate surface area is 146 Å². The van der Waals surface area contributed by atoms with Crippen molar-refractivity contribution in [2.75, 3.05) is 23.8 Å². The molecule has 0 aliphatic carbocycles. The first-order chi connectivity index (χ1) is 12.2. The second kappa shape index (κ2) is 8.30. The topological polar surface area (TPSA) is 79.5 Å². The van der Waals surface area contributed by atoms with E-state index in [-0.39, 0.29) is 17.9 Å². The van der Waals surface area contributed by atoms with E-state index in [9.17, 15) is 9.59 Å². The molecule has 0 saturated carbocycles. The molecule has 2 aromatic carbocycles. The molecule has 3 N–H and O–H groups in total. The Bertz CT molecular complexity index is 728. The molecule has 2 aromatic rings. The largest absolute Gasteiger partial charge is 0.381 e. The number of anilines is 2. The fraction of sp³-hybridized carbons (Fsp3) is 0.263. The number of carbonyl (C=O) groups excluding carboxylic acids is 2. The average molecular weight is 339 g/mol. The van der Waals surface area contributed by atoms with E-state index in [0.717, 1.165) is 17.7 Å². The maximum Gasteiger partial charge on any atom is 0.323 e. The molecule has 1 heterocycles. The lowest BCUT2D eigenvalue weighted by Gasteiger charge is -2.11. The zero-order valence-corrected chi connectivity index (χ0v) is 13.8. The van der Waals surface area contributed by atoms with Crippen molar-refractivity contribution in [2.24, 2.45) is 5.92 Å². The smallest absolute Gasteiger partial charge is 0.323 e. The van der Waals surface area contributed by atoms with Gasteiger partial charge in [-0.15, -0.1) is 0 Å². The molecule has 25 heavy (non-hydrogen) atoms. The second-order valence-corrected chi connectivity index (χ2v) is 5.92. The summed E-state index contributed by atoms with van der Waals surface area (Å²) in [6.07, 6.45) is 0.771. The predicted molar refractivity (Wildman–Crippen MR) is 96.3 cm³/mol. The van der Waals surface area contributed by atoms with Crippen molar-refractivity contribution >= 4 is 23.3 Å². The van der Waals surface area contributed by atoms with E-state index in [1.165, 1.54) is 0 Å². The van der Waals surface area contributed by atoms with Crippen molar-refractivity contribution in [3.05, 3.63) is 60.2 Å². The normalized spacial score (nSPS) is 16.2. The molecule has 0 spiro atoms. The highest BCUT2D eigenvalue weighted by Gasteiger charge is 2.22. The van der Waals surface area contributed by atoms with Gasteiger partial charge in [-0.25, -0.2) is 4.79 Å². The summed E-state index contributed by atoms with van der Waals surface area (Å²) in [4.78, 5) is 24.0. The van der Waals surface area contributed by atoms with E-state index in [0.29, 0.717) is 25.4 Å². The Balaban J connectivity index is 1.52. The molecule has 1 aliphatic rings. The van der Waals surface area contributed by atoms with Crippen LogP contribution in [0.1, 0.15) is 12.0 Å². The summed E-state index contributed by atoms with van der Waals surface area (Å²) in [6, 6.07) is 16.3. The van der Waals surface area contributed by atoms with E-state index in [1.54, 1.807) is 6.07 Å². The molecule has 1 saturated heterocycles. The quantitative estimate of drug-likeness (QED) is 0.783. The van der Waals surface area contributed by atoms with Gasteiger partial charge in [-0.05, 0) is 36.2 Å². The van der Waals surface area contributed by atoms with Gasteiger partial charge in [0.15, 0.2) is 0 Å². The SMILES string of the molecule is O=C(Nc1ccccc1)Nc1cccc(CNC(=O)[C@H]2CCOC2)c1. The van der Waals surface area contributed by atoms with Gasteiger partial charge in [0, 0.05) is 24.5 Å². The number of urea groups is 1. The van der Waals surface area contributed by atoms with Gasteiger partial charge in [-0.1, -0.05) is 30.3 Å². The summed E-state index contributed by atoms with van der Waals surface area (Å²) in [7, 11) is 0. The monoisotopic (exact) mass is 339 g/mol. The Morgan fingerprint density at radius 1 is 1.00 bits per heavy atom. The molecule has 130 valence electrons. The molecule has 1 aliphatic heterocycles. The van der Waals surface area contributed by atoms with Crippen LogP contribution in [0.15, 0.2) is 54.6 Å². The van der Waals surface area contributed by atoms with Crippen molar-refractivity contribution < 1.29 is 14.3 Å². The molecule has 6 heteroatoms. The molecule has 0 radical (unpaired) electrons. The first kappa shape index (κ1) is 17.0. The fourth-order valence-electron chi connectivity index (χ4n) is 2.65. The third-order valence-electron chi connectivity index (χ3n) is 3.98. The van der Waals surface area contributed by atoms with E-state index in [2.05, 4.69) is 16.0 Å². The lowest BCUT2D eigenvalue weighted by atomic mass is 10.1. The first-order valence-corrected chi connectivity index (χ1v) is 8.28. The molecule has 0 bridgehead atoms. The van der Waals surface area contributed by atoms with Crippen LogP contribution in [-0.2, 0) is 16.1 Å². The first-order valence-electron chi connectivity index (χ1n) is 8.28. The summed E-state index contributed by atoms with van der Waals surface area (Å²) < 4.78 is 5.23. The van der Waals surface area contributed by atoms with E-state index in [1.807, 2.05) is 48.5 Å². The molecule has 0 aromatic heterocycles. The molecule has 1 atom stereocenters. The second-order valence-electron chi connectivity index (χ2n) is 5.92. The number of hydrogen-bond acceptors (Lipinski definition) is 3. The van der Waals surface area contributed by atoms with Crippen LogP contribution >= 0.6 is 0 Å². The number of ether oxygens (including phenoxy) is 1. The summed E-state index contributed by atoms with van der Waals surface area (Å²) in [5.41, 5.74) is 2.32. The number of benzene rings is 2. The minimum atomic E-state index is -0.310. The fourth-order valence-corrected chi connectivity index (χ4v) is 2.65. The molecule has 3 rings (SSSR count). The Morgan fingerprint density at radius 3 is 2.52 bits per heavy atom. The lowest BCUT2D eigenvalue weighted by molar-refractivity contribution is -0.125. The lowest BCUT2D eigenvalue weighted by Crippen LogP contribution is -2.30. The standard InChI is InChI=1S/C19H21N3O3/c23-18(15-9-10-25-13-15)20-12-14-5-4-8-17(11-14)22-19(24)21-16-6-2-1-3-7-16/h1-8,11,15H,9-10,12-13H2,(H,20,23)(H2,21,22,24)/t15-/m0/s1. The molecule has 0 unspecified atom stereocenters. The van der Waals surface area contributed by atoms with E-state index >= 15 is 0 Å².